The molecule has 27 heavy (non-hydrogen) atoms. The van der Waals surface area contributed by atoms with E-state index < -0.39 is 0 Å². The van der Waals surface area contributed by atoms with Crippen LogP contribution in [-0.4, -0.2) is 0 Å². The number of hydrogen-bond donors (Lipinski definition) is 0. The molecule has 0 radical (unpaired) electrons. The lowest BCUT2D eigenvalue weighted by molar-refractivity contribution is 0.519. The van der Waals surface area contributed by atoms with Crippen molar-refractivity contribution in [2.24, 2.45) is 0 Å². The number of hydrogen-bond acceptors (Lipinski definition) is 0. The standard InChI is InChI=1S/C27H40/c1-25(2,3)22-19-24(27(7,8)9)23(26(4,5)6)18-21(22)17-13-16-20-14-11-10-12-15-20/h10-12,14-15,18-19H,13,16-17H2,1-9H3. The Bertz CT molecular complexity index is 744. The number of benzene rings is 2. The Morgan fingerprint density at radius 2 is 1.04 bits per heavy atom. The van der Waals surface area contributed by atoms with Gasteiger partial charge >= 0.3 is 0 Å². The largest absolute Gasteiger partial charge is 0.0622 e. The van der Waals surface area contributed by atoms with Crippen LogP contribution < -0.4 is 0 Å². The Hall–Kier alpha value is -1.56. The first-order valence-electron chi connectivity index (χ1n) is 10.5. The lowest BCUT2D eigenvalue weighted by Crippen LogP contribution is -2.25. The zero-order valence-electron chi connectivity index (χ0n) is 19.2. The molecule has 0 aliphatic heterocycles. The Morgan fingerprint density at radius 1 is 0.556 bits per heavy atom. The van der Waals surface area contributed by atoms with Gasteiger partial charge < -0.3 is 0 Å². The molecular weight excluding hydrogens is 324 g/mol. The average molecular weight is 365 g/mol. The Labute approximate surface area is 168 Å². The van der Waals surface area contributed by atoms with Crippen molar-refractivity contribution in [1.29, 1.82) is 0 Å². The molecule has 2 aromatic rings. The average Bonchev–Trinajstić information content (AvgIpc) is 2.52. The van der Waals surface area contributed by atoms with Gasteiger partial charge in [-0.05, 0) is 63.3 Å². The van der Waals surface area contributed by atoms with Crippen LogP contribution in [0.3, 0.4) is 0 Å². The van der Waals surface area contributed by atoms with Crippen molar-refractivity contribution in [3.8, 4) is 0 Å². The summed E-state index contributed by atoms with van der Waals surface area (Å²) in [6.45, 7) is 21.1. The van der Waals surface area contributed by atoms with Gasteiger partial charge in [-0.1, -0.05) is 105 Å². The van der Waals surface area contributed by atoms with Gasteiger partial charge in [0.05, 0.1) is 0 Å². The minimum atomic E-state index is 0.158. The molecule has 0 nitrogen and oxygen atoms in total. The van der Waals surface area contributed by atoms with Crippen molar-refractivity contribution >= 4 is 0 Å². The summed E-state index contributed by atoms with van der Waals surface area (Å²) in [4.78, 5) is 0. The first kappa shape index (κ1) is 21.7. The zero-order chi connectivity index (χ0) is 20.5. The molecule has 0 N–H and O–H groups in total. The van der Waals surface area contributed by atoms with Crippen LogP contribution in [0, 0.1) is 0 Å². The predicted octanol–water partition coefficient (Wildman–Crippen LogP) is 7.75. The minimum Gasteiger partial charge on any atom is -0.0622 e. The fourth-order valence-electron chi connectivity index (χ4n) is 3.92. The molecule has 0 heteroatoms. The zero-order valence-corrected chi connectivity index (χ0v) is 19.2. The smallest absolute Gasteiger partial charge is 0.0129 e. The van der Waals surface area contributed by atoms with Crippen LogP contribution in [0.2, 0.25) is 0 Å². The second-order valence-electron chi connectivity index (χ2n) is 11.1. The summed E-state index contributed by atoms with van der Waals surface area (Å²) >= 11 is 0. The van der Waals surface area contributed by atoms with Gasteiger partial charge in [-0.15, -0.1) is 0 Å². The molecule has 0 aliphatic carbocycles. The van der Waals surface area contributed by atoms with Crippen molar-refractivity contribution in [3.63, 3.8) is 0 Å². The molecule has 0 saturated carbocycles. The molecule has 0 aliphatic rings. The second-order valence-corrected chi connectivity index (χ2v) is 11.1. The van der Waals surface area contributed by atoms with Crippen molar-refractivity contribution in [2.75, 3.05) is 0 Å². The molecule has 0 amide bonds. The topological polar surface area (TPSA) is 0 Å². The molecule has 148 valence electrons. The van der Waals surface area contributed by atoms with Gasteiger partial charge in [0.25, 0.3) is 0 Å². The maximum atomic E-state index is 2.53. The van der Waals surface area contributed by atoms with Crippen LogP contribution >= 0.6 is 0 Å². The quantitative estimate of drug-likeness (QED) is 0.520. The summed E-state index contributed by atoms with van der Waals surface area (Å²) in [7, 11) is 0. The van der Waals surface area contributed by atoms with Gasteiger partial charge in [-0.25, -0.2) is 0 Å². The van der Waals surface area contributed by atoms with E-state index in [0.29, 0.717) is 0 Å². The molecule has 2 aromatic carbocycles. The molecule has 0 aromatic heterocycles. The maximum Gasteiger partial charge on any atom is -0.0129 e. The fourth-order valence-corrected chi connectivity index (χ4v) is 3.92. The normalized spacial score (nSPS) is 13.1. The van der Waals surface area contributed by atoms with E-state index in [9.17, 15) is 0 Å². The molecule has 0 atom stereocenters. The third-order valence-corrected chi connectivity index (χ3v) is 5.42. The number of aryl methyl sites for hydroxylation is 2. The molecule has 0 spiro atoms. The predicted molar refractivity (Wildman–Crippen MR) is 121 cm³/mol. The highest BCUT2D eigenvalue weighted by Crippen LogP contribution is 2.39. The highest BCUT2D eigenvalue weighted by molar-refractivity contribution is 5.47. The van der Waals surface area contributed by atoms with Crippen LogP contribution in [-0.2, 0) is 29.1 Å². The highest BCUT2D eigenvalue weighted by atomic mass is 14.3. The van der Waals surface area contributed by atoms with Gasteiger partial charge in [0.1, 0.15) is 0 Å². The van der Waals surface area contributed by atoms with Crippen molar-refractivity contribution in [3.05, 3.63) is 70.3 Å². The van der Waals surface area contributed by atoms with Gasteiger partial charge in [0.2, 0.25) is 0 Å². The van der Waals surface area contributed by atoms with Crippen LogP contribution in [0.15, 0.2) is 42.5 Å². The van der Waals surface area contributed by atoms with Crippen LogP contribution in [0.5, 0.6) is 0 Å². The molecule has 0 heterocycles. The first-order valence-corrected chi connectivity index (χ1v) is 10.5. The molecule has 0 bridgehead atoms. The van der Waals surface area contributed by atoms with E-state index in [-0.39, 0.29) is 16.2 Å². The third kappa shape index (κ3) is 5.71. The summed E-state index contributed by atoms with van der Waals surface area (Å²) in [5, 5.41) is 0. The summed E-state index contributed by atoms with van der Waals surface area (Å²) in [6, 6.07) is 15.9. The molecule has 2 rings (SSSR count). The van der Waals surface area contributed by atoms with Crippen LogP contribution in [0.25, 0.3) is 0 Å². The summed E-state index contributed by atoms with van der Waals surface area (Å²) in [6.07, 6.45) is 3.50. The lowest BCUT2D eigenvalue weighted by Gasteiger charge is -2.34. The van der Waals surface area contributed by atoms with Gasteiger partial charge in [0, 0.05) is 0 Å². The highest BCUT2D eigenvalue weighted by Gasteiger charge is 2.29. The monoisotopic (exact) mass is 364 g/mol. The summed E-state index contributed by atoms with van der Waals surface area (Å²) in [5.74, 6) is 0. The molecule has 0 saturated heterocycles. The van der Waals surface area contributed by atoms with Crippen molar-refractivity contribution < 1.29 is 0 Å². The minimum absolute atomic E-state index is 0.158. The Balaban J connectivity index is 2.44. The first-order chi connectivity index (χ1) is 12.3. The Morgan fingerprint density at radius 3 is 1.52 bits per heavy atom. The number of rotatable bonds is 4. The summed E-state index contributed by atoms with van der Waals surface area (Å²) < 4.78 is 0. The third-order valence-electron chi connectivity index (χ3n) is 5.42. The van der Waals surface area contributed by atoms with E-state index in [1.165, 1.54) is 34.2 Å². The van der Waals surface area contributed by atoms with Gasteiger partial charge in [-0.3, -0.25) is 0 Å². The second kappa shape index (κ2) is 7.82. The molecular formula is C27H40. The van der Waals surface area contributed by atoms with Crippen molar-refractivity contribution in [1.82, 2.24) is 0 Å². The van der Waals surface area contributed by atoms with Crippen LogP contribution in [0.1, 0.15) is 96.6 Å². The summed E-state index contributed by atoms with van der Waals surface area (Å²) in [5.41, 5.74) is 8.00. The van der Waals surface area contributed by atoms with E-state index in [0.717, 1.165) is 12.8 Å². The van der Waals surface area contributed by atoms with E-state index in [1.54, 1.807) is 0 Å². The molecule has 0 fully saturated rings. The van der Waals surface area contributed by atoms with Crippen LogP contribution in [0.4, 0.5) is 0 Å². The van der Waals surface area contributed by atoms with E-state index in [2.05, 4.69) is 105 Å². The van der Waals surface area contributed by atoms with Gasteiger partial charge in [-0.2, -0.15) is 0 Å². The van der Waals surface area contributed by atoms with E-state index in [4.69, 9.17) is 0 Å². The fraction of sp³-hybridized carbons (Fsp3) is 0.556. The molecule has 0 unspecified atom stereocenters. The SMILES string of the molecule is CC(C)(C)c1cc(C(C)(C)C)c(C(C)(C)C)cc1CCCc1ccccc1. The lowest BCUT2D eigenvalue weighted by atomic mass is 9.70. The van der Waals surface area contributed by atoms with E-state index >= 15 is 0 Å². The maximum absolute atomic E-state index is 2.53. The Kier molecular flexibility index (Phi) is 6.30. The van der Waals surface area contributed by atoms with Crippen molar-refractivity contribution in [2.45, 2.75) is 97.8 Å². The van der Waals surface area contributed by atoms with E-state index in [1.807, 2.05) is 0 Å². The van der Waals surface area contributed by atoms with Gasteiger partial charge in [0.15, 0.2) is 0 Å².